The zero-order valence-electron chi connectivity index (χ0n) is 26.6. The summed E-state index contributed by atoms with van der Waals surface area (Å²) in [5, 5.41) is 4.15. The van der Waals surface area contributed by atoms with Crippen molar-refractivity contribution in [2.24, 2.45) is 4.74 Å². The maximum Gasteiger partial charge on any atom is 0.341 e. The van der Waals surface area contributed by atoms with E-state index < -0.39 is 7.05 Å². The first-order valence-corrected chi connectivity index (χ1v) is 18.6. The van der Waals surface area contributed by atoms with Crippen LogP contribution in [-0.4, -0.2) is 24.5 Å². The number of thiophene rings is 1. The van der Waals surface area contributed by atoms with Crippen LogP contribution >= 0.6 is 18.4 Å². The Morgan fingerprint density at radius 3 is 1.64 bits per heavy atom. The Morgan fingerprint density at radius 2 is 1.17 bits per heavy atom. The molecule has 47 heavy (non-hydrogen) atoms. The minimum absolute atomic E-state index is 0.0507. The second kappa shape index (κ2) is 13.7. The molecule has 0 N–H and O–H groups in total. The molecule has 5 aromatic carbocycles. The predicted octanol–water partition coefficient (Wildman–Crippen LogP) is 9.05. The van der Waals surface area contributed by atoms with Crippen LogP contribution in [0.1, 0.15) is 50.9 Å². The minimum atomic E-state index is -2.63. The quantitative estimate of drug-likeness (QED) is 0.122. The number of nitrogens with zero attached hydrogens (tertiary/aromatic N) is 2. The Morgan fingerprint density at radius 1 is 0.723 bits per heavy atom. The van der Waals surface area contributed by atoms with E-state index in [0.29, 0.717) is 18.6 Å². The lowest BCUT2D eigenvalue weighted by Crippen LogP contribution is -2.35. The fourth-order valence-corrected chi connectivity index (χ4v) is 12.0. The lowest BCUT2D eigenvalue weighted by molar-refractivity contribution is 0.0525. The topological polar surface area (TPSA) is 41.9 Å². The van der Waals surface area contributed by atoms with E-state index in [4.69, 9.17) is 9.48 Å². The van der Waals surface area contributed by atoms with Gasteiger partial charge in [0.1, 0.15) is 5.00 Å². The Labute approximate surface area is 281 Å². The summed E-state index contributed by atoms with van der Waals surface area (Å²) in [5.74, 6) is -0.306. The maximum absolute atomic E-state index is 14.2. The average molecular weight is 653 g/mol. The Kier molecular flexibility index (Phi) is 9.04. The van der Waals surface area contributed by atoms with Gasteiger partial charge in [-0.1, -0.05) is 152 Å². The highest BCUT2D eigenvalue weighted by Crippen LogP contribution is 2.56. The molecule has 4 nitrogen and oxygen atoms in total. The van der Waals surface area contributed by atoms with Crippen LogP contribution in [0.4, 0.5) is 5.00 Å². The largest absolute Gasteiger partial charge is 0.462 e. The summed E-state index contributed by atoms with van der Waals surface area (Å²) < 4.78 is 11.7. The molecule has 6 heteroatoms. The zero-order chi connectivity index (χ0) is 32.2. The van der Waals surface area contributed by atoms with Crippen LogP contribution in [0, 0.1) is 0 Å². The maximum atomic E-state index is 14.2. The van der Waals surface area contributed by atoms with Crippen molar-refractivity contribution in [1.29, 1.82) is 0 Å². The minimum Gasteiger partial charge on any atom is -0.462 e. The van der Waals surface area contributed by atoms with Gasteiger partial charge >= 0.3 is 5.97 Å². The van der Waals surface area contributed by atoms with Gasteiger partial charge in [-0.15, -0.1) is 11.3 Å². The van der Waals surface area contributed by atoms with Gasteiger partial charge in [0.05, 0.1) is 25.3 Å². The number of hydrogen-bond acceptors (Lipinski definition) is 5. The first-order chi connectivity index (χ1) is 23.1. The molecule has 1 aromatic heterocycles. The molecule has 0 spiro atoms. The van der Waals surface area contributed by atoms with Crippen LogP contribution in [0.2, 0.25) is 0 Å². The highest BCUT2D eigenvalue weighted by Gasteiger charge is 2.40. The molecule has 0 fully saturated rings. The fourth-order valence-electron chi connectivity index (χ4n) is 6.82. The molecule has 1 aliphatic heterocycles. The van der Waals surface area contributed by atoms with Crippen molar-refractivity contribution >= 4 is 45.3 Å². The van der Waals surface area contributed by atoms with Crippen molar-refractivity contribution in [2.45, 2.75) is 25.4 Å². The lowest BCUT2D eigenvalue weighted by atomic mass is 9.86. The summed E-state index contributed by atoms with van der Waals surface area (Å²) in [4.78, 5) is 17.8. The predicted molar refractivity (Wildman–Crippen MR) is 196 cm³/mol. The third-order valence-electron chi connectivity index (χ3n) is 8.97. The van der Waals surface area contributed by atoms with Crippen LogP contribution in [-0.2, 0) is 11.2 Å². The first-order valence-electron chi connectivity index (χ1n) is 16.1. The molecule has 2 unspecified atom stereocenters. The number of hydrogen-bond donors (Lipinski definition) is 0. The second-order valence-electron chi connectivity index (χ2n) is 11.7. The van der Waals surface area contributed by atoms with Crippen molar-refractivity contribution in [3.05, 3.63) is 179 Å². The summed E-state index contributed by atoms with van der Waals surface area (Å²) in [6, 6.07) is 53.0. The molecule has 0 radical (unpaired) electrons. The number of likely N-dealkylation sites (N-methyl/N-ethyl adjacent to an activating group) is 1. The van der Waals surface area contributed by atoms with E-state index in [2.05, 4.69) is 145 Å². The molecule has 0 saturated heterocycles. The second-order valence-corrected chi connectivity index (χ2v) is 15.7. The molecule has 0 saturated carbocycles. The van der Waals surface area contributed by atoms with E-state index in [9.17, 15) is 4.79 Å². The van der Waals surface area contributed by atoms with Crippen molar-refractivity contribution in [2.75, 3.05) is 13.7 Å². The summed E-state index contributed by atoms with van der Waals surface area (Å²) in [7, 11) is -0.432. The molecular weight excluding hydrogens is 616 g/mol. The van der Waals surface area contributed by atoms with Crippen molar-refractivity contribution in [1.82, 2.24) is 4.90 Å². The standard InChI is InChI=1S/C41H37N2O2PS/c1-3-45-41(44)37-35-29-36(30-19-9-4-10-20-30)43(2)38(31-21-11-5-12-22-31)39(35)47-40(37)42-46(32-23-13-6-14-24-32,33-25-15-7-16-26-33)34-27-17-8-18-28-34/h4-28,36,38H,3,29H2,1-2H3. The smallest absolute Gasteiger partial charge is 0.341 e. The third kappa shape index (κ3) is 5.80. The summed E-state index contributed by atoms with van der Waals surface area (Å²) in [6.45, 7) is 2.17. The number of esters is 1. The van der Waals surface area contributed by atoms with Crippen LogP contribution in [0.3, 0.4) is 0 Å². The van der Waals surface area contributed by atoms with E-state index in [-0.39, 0.29) is 18.1 Å². The Bertz CT molecular complexity index is 1910. The van der Waals surface area contributed by atoms with E-state index in [1.54, 1.807) is 11.3 Å². The molecular formula is C41H37N2O2PS. The number of benzene rings is 5. The molecule has 1 aliphatic rings. The van der Waals surface area contributed by atoms with E-state index in [1.807, 2.05) is 25.1 Å². The van der Waals surface area contributed by atoms with E-state index in [0.717, 1.165) is 31.4 Å². The third-order valence-corrected chi connectivity index (χ3v) is 13.9. The van der Waals surface area contributed by atoms with Gasteiger partial charge < -0.3 is 4.74 Å². The molecule has 6 aromatic rings. The van der Waals surface area contributed by atoms with Crippen LogP contribution in [0.5, 0.6) is 0 Å². The molecule has 2 heterocycles. The van der Waals surface area contributed by atoms with Gasteiger partial charge in [0, 0.05) is 26.8 Å². The highest BCUT2D eigenvalue weighted by molar-refractivity contribution is 7.87. The Balaban J connectivity index is 1.57. The molecule has 7 rings (SSSR count). The summed E-state index contributed by atoms with van der Waals surface area (Å²) in [5.41, 5.74) is 4.06. The molecule has 2 atom stereocenters. The van der Waals surface area contributed by atoms with Gasteiger partial charge in [-0.2, -0.15) is 0 Å². The van der Waals surface area contributed by atoms with Gasteiger partial charge in [0.25, 0.3) is 0 Å². The highest BCUT2D eigenvalue weighted by atomic mass is 32.1. The Hall–Kier alpha value is -4.54. The van der Waals surface area contributed by atoms with Gasteiger partial charge in [0.15, 0.2) is 0 Å². The number of carbonyl (C=O) groups is 1. The fraction of sp³-hybridized carbons (Fsp3) is 0.146. The molecule has 234 valence electrons. The number of rotatable bonds is 8. The molecule has 0 aliphatic carbocycles. The summed E-state index contributed by atoms with van der Waals surface area (Å²) in [6.07, 6.45) is 0.687. The van der Waals surface area contributed by atoms with Crippen LogP contribution < -0.4 is 15.9 Å². The van der Waals surface area contributed by atoms with Crippen LogP contribution in [0.15, 0.2) is 156 Å². The zero-order valence-corrected chi connectivity index (χ0v) is 28.3. The SMILES string of the molecule is CCOC(=O)c1c(N=P(c2ccccc2)(c2ccccc2)c2ccccc2)sc2c1CC(c1ccccc1)N(C)C2c1ccccc1. The van der Waals surface area contributed by atoms with Gasteiger partial charge in [-0.3, -0.25) is 4.90 Å². The normalized spacial score (nSPS) is 16.3. The van der Waals surface area contributed by atoms with Gasteiger partial charge in [0.2, 0.25) is 0 Å². The first kappa shape index (κ1) is 31.1. The monoisotopic (exact) mass is 652 g/mol. The number of fused-ring (bicyclic) bond motifs is 1. The van der Waals surface area contributed by atoms with E-state index in [1.165, 1.54) is 11.1 Å². The van der Waals surface area contributed by atoms with Crippen molar-refractivity contribution < 1.29 is 9.53 Å². The van der Waals surface area contributed by atoms with Gasteiger partial charge in [-0.25, -0.2) is 9.54 Å². The summed E-state index contributed by atoms with van der Waals surface area (Å²) >= 11 is 1.65. The van der Waals surface area contributed by atoms with Crippen molar-refractivity contribution in [3.63, 3.8) is 0 Å². The van der Waals surface area contributed by atoms with E-state index >= 15 is 0 Å². The lowest BCUT2D eigenvalue weighted by Gasteiger charge is -2.40. The van der Waals surface area contributed by atoms with Crippen molar-refractivity contribution in [3.8, 4) is 0 Å². The molecule has 0 bridgehead atoms. The molecule has 0 amide bonds. The average Bonchev–Trinajstić information content (AvgIpc) is 3.49. The van der Waals surface area contributed by atoms with Gasteiger partial charge in [-0.05, 0) is 37.1 Å². The number of carbonyl (C=O) groups excluding carboxylic acids is 1. The van der Waals surface area contributed by atoms with Crippen LogP contribution in [0.25, 0.3) is 0 Å². The number of ether oxygens (including phenoxy) is 1.